The molecule has 3 aliphatic heterocycles. The first-order valence-electron chi connectivity index (χ1n) is 10.5. The number of fused-ring (bicyclic) bond motifs is 4. The minimum absolute atomic E-state index is 0.107. The number of nitrogens with zero attached hydrogens (tertiary/aromatic N) is 2. The van der Waals surface area contributed by atoms with Crippen molar-refractivity contribution >= 4 is 11.8 Å². The van der Waals surface area contributed by atoms with E-state index in [0.29, 0.717) is 31.0 Å². The first-order valence-corrected chi connectivity index (χ1v) is 10.5. The number of hydrogen-bond acceptors (Lipinski definition) is 3. The molecule has 2 amide bonds. The summed E-state index contributed by atoms with van der Waals surface area (Å²) >= 11 is 0. The van der Waals surface area contributed by atoms with Gasteiger partial charge in [0.1, 0.15) is 0 Å². The van der Waals surface area contributed by atoms with Gasteiger partial charge < -0.3 is 10.2 Å². The van der Waals surface area contributed by atoms with E-state index in [1.165, 1.54) is 18.4 Å². The van der Waals surface area contributed by atoms with Crippen LogP contribution in [0.4, 0.5) is 0 Å². The Morgan fingerprint density at radius 2 is 1.81 bits per heavy atom. The summed E-state index contributed by atoms with van der Waals surface area (Å²) in [6.07, 6.45) is 6.49. The summed E-state index contributed by atoms with van der Waals surface area (Å²) in [5.74, 6) is 1.27. The average molecular weight is 370 g/mol. The van der Waals surface area contributed by atoms with Gasteiger partial charge in [0, 0.05) is 38.1 Å². The maximum absolute atomic E-state index is 12.7. The van der Waals surface area contributed by atoms with Crippen LogP contribution in [0, 0.1) is 11.8 Å². The molecule has 146 valence electrons. The zero-order valence-corrected chi connectivity index (χ0v) is 16.1. The largest absolute Gasteiger partial charge is 0.355 e. The number of benzene rings is 1. The van der Waals surface area contributed by atoms with Gasteiger partial charge in [0.05, 0.1) is 6.54 Å². The van der Waals surface area contributed by atoms with Crippen LogP contribution in [-0.4, -0.2) is 60.4 Å². The smallest absolute Gasteiger partial charge is 0.234 e. The molecule has 1 aromatic carbocycles. The molecule has 0 spiro atoms. The van der Waals surface area contributed by atoms with Crippen LogP contribution < -0.4 is 5.32 Å². The molecule has 5 rings (SSSR count). The van der Waals surface area contributed by atoms with Gasteiger partial charge in [-0.3, -0.25) is 14.5 Å². The third-order valence-corrected chi connectivity index (χ3v) is 6.52. The molecular formula is C22H31N3O2. The van der Waals surface area contributed by atoms with Crippen molar-refractivity contribution in [1.29, 1.82) is 0 Å². The average Bonchev–Trinajstić information content (AvgIpc) is 2.93. The Balaban J connectivity index is 1.26. The molecule has 2 bridgehead atoms. The Labute approximate surface area is 162 Å². The second kappa shape index (κ2) is 8.42. The maximum atomic E-state index is 12.7. The second-order valence-corrected chi connectivity index (χ2v) is 8.48. The van der Waals surface area contributed by atoms with Crippen molar-refractivity contribution in [2.45, 2.75) is 44.6 Å². The fraction of sp³-hybridized carbons (Fsp3) is 0.636. The van der Waals surface area contributed by atoms with Crippen molar-refractivity contribution in [3.63, 3.8) is 0 Å². The van der Waals surface area contributed by atoms with E-state index in [-0.39, 0.29) is 11.8 Å². The molecule has 1 aliphatic carbocycles. The molecule has 0 radical (unpaired) electrons. The molecule has 4 aliphatic rings. The highest BCUT2D eigenvalue weighted by atomic mass is 16.2. The summed E-state index contributed by atoms with van der Waals surface area (Å²) in [5, 5.41) is 3.07. The molecule has 27 heavy (non-hydrogen) atoms. The quantitative estimate of drug-likeness (QED) is 0.835. The molecule has 5 heteroatoms. The summed E-state index contributed by atoms with van der Waals surface area (Å²) < 4.78 is 0. The van der Waals surface area contributed by atoms with Crippen molar-refractivity contribution in [1.82, 2.24) is 15.1 Å². The lowest BCUT2D eigenvalue weighted by molar-refractivity contribution is -0.138. The Kier molecular flexibility index (Phi) is 5.77. The number of carbonyl (C=O) groups is 2. The van der Waals surface area contributed by atoms with Gasteiger partial charge in [0.25, 0.3) is 0 Å². The van der Waals surface area contributed by atoms with Crippen LogP contribution in [0.15, 0.2) is 30.3 Å². The SMILES string of the molecule is O=C(CN1C[C@H]2CC[C@@H]1CN(C(=O)C1CCC1)C2)NCCc1ccccc1. The summed E-state index contributed by atoms with van der Waals surface area (Å²) in [6.45, 7) is 3.78. The van der Waals surface area contributed by atoms with E-state index in [1.807, 2.05) is 18.2 Å². The van der Waals surface area contributed by atoms with Crippen LogP contribution in [0.25, 0.3) is 0 Å². The highest BCUT2D eigenvalue weighted by Gasteiger charge is 2.39. The van der Waals surface area contributed by atoms with Gasteiger partial charge in [-0.15, -0.1) is 0 Å². The summed E-state index contributed by atoms with van der Waals surface area (Å²) in [7, 11) is 0. The minimum Gasteiger partial charge on any atom is -0.355 e. The van der Waals surface area contributed by atoms with E-state index in [4.69, 9.17) is 0 Å². The molecule has 2 atom stereocenters. The zero-order valence-electron chi connectivity index (χ0n) is 16.1. The van der Waals surface area contributed by atoms with Crippen LogP contribution in [0.3, 0.4) is 0 Å². The van der Waals surface area contributed by atoms with Crippen LogP contribution in [-0.2, 0) is 16.0 Å². The molecule has 0 unspecified atom stereocenters. The maximum Gasteiger partial charge on any atom is 0.234 e. The molecule has 3 heterocycles. The number of rotatable bonds is 6. The van der Waals surface area contributed by atoms with E-state index in [1.54, 1.807) is 0 Å². The Bertz CT molecular complexity index is 659. The summed E-state index contributed by atoms with van der Waals surface area (Å²) in [6, 6.07) is 10.6. The van der Waals surface area contributed by atoms with E-state index < -0.39 is 0 Å². The molecule has 1 saturated carbocycles. The van der Waals surface area contributed by atoms with Crippen molar-refractivity contribution in [3.05, 3.63) is 35.9 Å². The fourth-order valence-electron chi connectivity index (χ4n) is 4.70. The number of hydrogen-bond donors (Lipinski definition) is 1. The molecule has 5 nitrogen and oxygen atoms in total. The van der Waals surface area contributed by atoms with Gasteiger partial charge in [-0.05, 0) is 43.6 Å². The normalized spacial score (nSPS) is 25.7. The monoisotopic (exact) mass is 369 g/mol. The van der Waals surface area contributed by atoms with E-state index in [2.05, 4.69) is 27.2 Å². The van der Waals surface area contributed by atoms with Crippen LogP contribution >= 0.6 is 0 Å². The summed E-state index contributed by atoms with van der Waals surface area (Å²) in [5.41, 5.74) is 1.25. The van der Waals surface area contributed by atoms with Crippen LogP contribution in [0.5, 0.6) is 0 Å². The number of carbonyl (C=O) groups excluding carboxylic acids is 2. The first kappa shape index (κ1) is 18.5. The van der Waals surface area contributed by atoms with E-state index >= 15 is 0 Å². The van der Waals surface area contributed by atoms with Gasteiger partial charge in [0.15, 0.2) is 0 Å². The highest BCUT2D eigenvalue weighted by molar-refractivity contribution is 5.80. The number of amides is 2. The fourth-order valence-corrected chi connectivity index (χ4v) is 4.70. The predicted molar refractivity (Wildman–Crippen MR) is 105 cm³/mol. The molecule has 4 fully saturated rings. The van der Waals surface area contributed by atoms with Gasteiger partial charge in [-0.1, -0.05) is 36.8 Å². The van der Waals surface area contributed by atoms with E-state index in [0.717, 1.165) is 45.3 Å². The van der Waals surface area contributed by atoms with Crippen LogP contribution in [0.2, 0.25) is 0 Å². The third-order valence-electron chi connectivity index (χ3n) is 6.52. The lowest BCUT2D eigenvalue weighted by atomic mass is 9.84. The highest BCUT2D eigenvalue weighted by Crippen LogP contribution is 2.32. The lowest BCUT2D eigenvalue weighted by Crippen LogP contribution is -2.49. The molecule has 1 N–H and O–H groups in total. The number of nitrogens with one attached hydrogen (secondary N) is 1. The Morgan fingerprint density at radius 1 is 1.00 bits per heavy atom. The zero-order chi connectivity index (χ0) is 18.6. The molecular weight excluding hydrogens is 338 g/mol. The van der Waals surface area contributed by atoms with Gasteiger partial charge in [0.2, 0.25) is 11.8 Å². The second-order valence-electron chi connectivity index (χ2n) is 8.48. The Morgan fingerprint density at radius 3 is 2.56 bits per heavy atom. The first-order chi connectivity index (χ1) is 13.2. The van der Waals surface area contributed by atoms with Crippen molar-refractivity contribution in [2.24, 2.45) is 11.8 Å². The summed E-state index contributed by atoms with van der Waals surface area (Å²) in [4.78, 5) is 29.6. The third kappa shape index (κ3) is 4.52. The predicted octanol–water partition coefficient (Wildman–Crippen LogP) is 2.07. The minimum atomic E-state index is 0.107. The van der Waals surface area contributed by atoms with Crippen molar-refractivity contribution in [3.8, 4) is 0 Å². The standard InChI is InChI=1S/C22H31N3O2/c26-21(23-12-11-17-5-2-1-3-6-17)16-24-13-18-9-10-20(24)15-25(14-18)22(27)19-7-4-8-19/h1-3,5-6,18-20H,4,7-16H2,(H,23,26)/t18-,20-/m1/s1. The van der Waals surface area contributed by atoms with Crippen LogP contribution in [0.1, 0.15) is 37.7 Å². The lowest BCUT2D eigenvalue weighted by Gasteiger charge is -2.35. The van der Waals surface area contributed by atoms with Crippen molar-refractivity contribution < 1.29 is 9.59 Å². The van der Waals surface area contributed by atoms with E-state index in [9.17, 15) is 9.59 Å². The molecule has 3 saturated heterocycles. The Hall–Kier alpha value is -1.88. The van der Waals surface area contributed by atoms with Gasteiger partial charge in [-0.25, -0.2) is 0 Å². The topological polar surface area (TPSA) is 52.7 Å². The van der Waals surface area contributed by atoms with Gasteiger partial charge >= 0.3 is 0 Å². The molecule has 0 aromatic heterocycles. The van der Waals surface area contributed by atoms with Gasteiger partial charge in [-0.2, -0.15) is 0 Å². The molecule has 1 aromatic rings. The van der Waals surface area contributed by atoms with Crippen molar-refractivity contribution in [2.75, 3.05) is 32.7 Å². The number of piperidine rings is 1.